The van der Waals surface area contributed by atoms with E-state index >= 15 is 0 Å². The quantitative estimate of drug-likeness (QED) is 0.815. The molecule has 0 atom stereocenters. The van der Waals surface area contributed by atoms with Crippen LogP contribution in [-0.2, 0) is 9.59 Å². The molecule has 0 saturated heterocycles. The molecule has 3 rings (SSSR count). The van der Waals surface area contributed by atoms with Gasteiger partial charge in [-0.25, -0.2) is 9.29 Å². The Morgan fingerprint density at radius 1 is 0.818 bits per heavy atom. The van der Waals surface area contributed by atoms with E-state index in [4.69, 9.17) is 4.74 Å². The van der Waals surface area contributed by atoms with E-state index in [9.17, 15) is 14.0 Å². The lowest BCUT2D eigenvalue weighted by molar-refractivity contribution is -0.140. The number of carbonyl (C=O) groups is 2. The smallest absolute Gasteiger partial charge is 0.256 e. The van der Waals surface area contributed by atoms with Gasteiger partial charge < -0.3 is 4.74 Å². The van der Waals surface area contributed by atoms with E-state index in [2.05, 4.69) is 0 Å². The van der Waals surface area contributed by atoms with Crippen molar-refractivity contribution in [2.24, 2.45) is 0 Å². The minimum Gasteiger partial charge on any atom is -0.473 e. The standard InChI is InChI=1S/C17H12FNO3/c18-14-5-1-12(2-6-14)13-3-7-15(8-4-13)22-11-19-16(20)9-10-17(19)21/h1-10H,11H2. The monoisotopic (exact) mass is 297 g/mol. The molecule has 2 aromatic rings. The van der Waals surface area contributed by atoms with E-state index in [1.54, 1.807) is 24.3 Å². The summed E-state index contributed by atoms with van der Waals surface area (Å²) in [4.78, 5) is 23.8. The Bertz CT molecular complexity index is 718. The zero-order chi connectivity index (χ0) is 15.5. The first-order chi connectivity index (χ1) is 10.6. The van der Waals surface area contributed by atoms with Gasteiger partial charge in [0.05, 0.1) is 0 Å². The normalized spacial score (nSPS) is 13.8. The molecule has 1 aliphatic heterocycles. The van der Waals surface area contributed by atoms with Crippen LogP contribution in [0.3, 0.4) is 0 Å². The predicted octanol–water partition coefficient (Wildman–Crippen LogP) is 2.75. The van der Waals surface area contributed by atoms with E-state index in [-0.39, 0.29) is 24.4 Å². The van der Waals surface area contributed by atoms with Gasteiger partial charge in [-0.05, 0) is 35.4 Å². The number of hydrogen-bond acceptors (Lipinski definition) is 3. The molecular weight excluding hydrogens is 285 g/mol. The summed E-state index contributed by atoms with van der Waals surface area (Å²) in [5.74, 6) is -0.503. The first kappa shape index (κ1) is 14.0. The zero-order valence-corrected chi connectivity index (χ0v) is 11.5. The van der Waals surface area contributed by atoms with Crippen molar-refractivity contribution in [1.82, 2.24) is 4.90 Å². The van der Waals surface area contributed by atoms with E-state index in [0.29, 0.717) is 5.75 Å². The highest BCUT2D eigenvalue weighted by molar-refractivity contribution is 6.12. The van der Waals surface area contributed by atoms with Crippen molar-refractivity contribution in [3.8, 4) is 16.9 Å². The summed E-state index contributed by atoms with van der Waals surface area (Å²) in [6, 6.07) is 13.3. The summed E-state index contributed by atoms with van der Waals surface area (Å²) in [5.41, 5.74) is 1.81. The fraction of sp³-hybridized carbons (Fsp3) is 0.0588. The molecule has 0 saturated carbocycles. The largest absolute Gasteiger partial charge is 0.473 e. The van der Waals surface area contributed by atoms with Gasteiger partial charge in [0.2, 0.25) is 0 Å². The van der Waals surface area contributed by atoms with Gasteiger partial charge >= 0.3 is 0 Å². The molecule has 0 radical (unpaired) electrons. The average Bonchev–Trinajstić information content (AvgIpc) is 2.85. The minimum atomic E-state index is -0.382. The van der Waals surface area contributed by atoms with Crippen LogP contribution < -0.4 is 4.74 Å². The maximum atomic E-state index is 12.9. The lowest BCUT2D eigenvalue weighted by Gasteiger charge is -2.14. The van der Waals surface area contributed by atoms with Gasteiger partial charge in [-0.15, -0.1) is 0 Å². The highest BCUT2D eigenvalue weighted by Gasteiger charge is 2.23. The molecule has 4 nitrogen and oxygen atoms in total. The van der Waals surface area contributed by atoms with Crippen molar-refractivity contribution < 1.29 is 18.7 Å². The van der Waals surface area contributed by atoms with Crippen molar-refractivity contribution in [3.63, 3.8) is 0 Å². The van der Waals surface area contributed by atoms with Crippen LogP contribution in [0, 0.1) is 5.82 Å². The Morgan fingerprint density at radius 2 is 1.32 bits per heavy atom. The Kier molecular flexibility index (Phi) is 3.70. The number of nitrogens with zero attached hydrogens (tertiary/aromatic N) is 1. The molecule has 0 unspecified atom stereocenters. The van der Waals surface area contributed by atoms with Gasteiger partial charge in [-0.2, -0.15) is 0 Å². The Labute approximate surface area is 126 Å². The second kappa shape index (κ2) is 5.81. The molecule has 2 amide bonds. The summed E-state index contributed by atoms with van der Waals surface area (Å²) in [6.45, 7) is -0.124. The topological polar surface area (TPSA) is 46.6 Å². The molecule has 0 N–H and O–H groups in total. The lowest BCUT2D eigenvalue weighted by Crippen LogP contribution is -2.33. The number of halogens is 1. The Morgan fingerprint density at radius 3 is 1.86 bits per heavy atom. The molecule has 0 aromatic heterocycles. The fourth-order valence-corrected chi connectivity index (χ4v) is 2.08. The van der Waals surface area contributed by atoms with Crippen LogP contribution in [0.25, 0.3) is 11.1 Å². The van der Waals surface area contributed by atoms with Crippen molar-refractivity contribution in [2.75, 3.05) is 6.73 Å². The van der Waals surface area contributed by atoms with Crippen LogP contribution in [0.15, 0.2) is 60.7 Å². The molecule has 110 valence electrons. The van der Waals surface area contributed by atoms with E-state index < -0.39 is 0 Å². The molecule has 0 bridgehead atoms. The van der Waals surface area contributed by atoms with Crippen LogP contribution in [0.2, 0.25) is 0 Å². The van der Waals surface area contributed by atoms with Crippen molar-refractivity contribution in [2.45, 2.75) is 0 Å². The predicted molar refractivity (Wildman–Crippen MR) is 78.3 cm³/mol. The number of rotatable bonds is 4. The van der Waals surface area contributed by atoms with Gasteiger partial charge in [-0.3, -0.25) is 9.59 Å². The van der Waals surface area contributed by atoms with Gasteiger partial charge in [0.15, 0.2) is 6.73 Å². The van der Waals surface area contributed by atoms with Crippen LogP contribution in [-0.4, -0.2) is 23.4 Å². The van der Waals surface area contributed by atoms with E-state index in [0.717, 1.165) is 16.0 Å². The highest BCUT2D eigenvalue weighted by atomic mass is 19.1. The number of benzene rings is 2. The third-order valence-corrected chi connectivity index (χ3v) is 3.29. The number of carbonyl (C=O) groups excluding carboxylic acids is 2. The summed E-state index contributed by atoms with van der Waals surface area (Å²) in [6.07, 6.45) is 2.42. The second-order valence-corrected chi connectivity index (χ2v) is 4.74. The molecule has 0 aliphatic carbocycles. The zero-order valence-electron chi connectivity index (χ0n) is 11.5. The number of ether oxygens (including phenoxy) is 1. The summed E-state index contributed by atoms with van der Waals surface area (Å²) < 4.78 is 18.3. The van der Waals surface area contributed by atoms with Gasteiger partial charge in [-0.1, -0.05) is 24.3 Å². The number of hydrogen-bond donors (Lipinski definition) is 0. The number of imide groups is 1. The van der Waals surface area contributed by atoms with Gasteiger partial charge in [0.1, 0.15) is 11.6 Å². The average molecular weight is 297 g/mol. The van der Waals surface area contributed by atoms with Crippen molar-refractivity contribution >= 4 is 11.8 Å². The van der Waals surface area contributed by atoms with Gasteiger partial charge in [0, 0.05) is 12.2 Å². The SMILES string of the molecule is O=C1C=CC(=O)N1COc1ccc(-c2ccc(F)cc2)cc1. The van der Waals surface area contributed by atoms with Gasteiger partial charge in [0.25, 0.3) is 11.8 Å². The Hall–Kier alpha value is -2.95. The van der Waals surface area contributed by atoms with E-state index in [1.165, 1.54) is 24.3 Å². The minimum absolute atomic E-state index is 0.124. The maximum Gasteiger partial charge on any atom is 0.256 e. The molecule has 22 heavy (non-hydrogen) atoms. The van der Waals surface area contributed by atoms with Crippen LogP contribution >= 0.6 is 0 Å². The molecule has 0 spiro atoms. The number of amides is 2. The lowest BCUT2D eigenvalue weighted by atomic mass is 10.1. The summed E-state index contributed by atoms with van der Waals surface area (Å²) in [5, 5.41) is 0. The third-order valence-electron chi connectivity index (χ3n) is 3.29. The molecule has 5 heteroatoms. The summed E-state index contributed by atoms with van der Waals surface area (Å²) in [7, 11) is 0. The highest BCUT2D eigenvalue weighted by Crippen LogP contribution is 2.22. The van der Waals surface area contributed by atoms with Crippen LogP contribution in [0.4, 0.5) is 4.39 Å². The van der Waals surface area contributed by atoms with Crippen molar-refractivity contribution in [3.05, 3.63) is 66.5 Å². The Balaban J connectivity index is 1.66. The molecule has 0 fully saturated rings. The molecule has 1 aliphatic rings. The molecular formula is C17H12FNO3. The third kappa shape index (κ3) is 2.88. The molecule has 2 aromatic carbocycles. The van der Waals surface area contributed by atoms with E-state index in [1.807, 2.05) is 12.1 Å². The summed E-state index contributed by atoms with van der Waals surface area (Å²) >= 11 is 0. The van der Waals surface area contributed by atoms with Crippen LogP contribution in [0.1, 0.15) is 0 Å². The first-order valence-electron chi connectivity index (χ1n) is 6.66. The maximum absolute atomic E-state index is 12.9. The second-order valence-electron chi connectivity index (χ2n) is 4.74. The van der Waals surface area contributed by atoms with Crippen LogP contribution in [0.5, 0.6) is 5.75 Å². The van der Waals surface area contributed by atoms with Crippen molar-refractivity contribution in [1.29, 1.82) is 0 Å². The fourth-order valence-electron chi connectivity index (χ4n) is 2.08. The first-order valence-corrected chi connectivity index (χ1v) is 6.66. The molecule has 1 heterocycles.